The summed E-state index contributed by atoms with van der Waals surface area (Å²) in [6.07, 6.45) is 1.64. The fraction of sp³-hybridized carbons (Fsp3) is 0.227. The van der Waals surface area contributed by atoms with E-state index in [0.717, 1.165) is 22.4 Å². The van der Waals surface area contributed by atoms with Gasteiger partial charge >= 0.3 is 0 Å². The van der Waals surface area contributed by atoms with Crippen LogP contribution in [-0.2, 0) is 4.84 Å². The largest absolute Gasteiger partial charge is 0.481 e. The molecule has 0 bridgehead atoms. The highest BCUT2D eigenvalue weighted by molar-refractivity contribution is 6.30. The number of nitrogens with one attached hydrogen (secondary N) is 1. The highest BCUT2D eigenvalue weighted by atomic mass is 35.5. The van der Waals surface area contributed by atoms with E-state index in [9.17, 15) is 0 Å². The molecule has 1 aliphatic rings. The number of amidine groups is 1. The first kappa shape index (κ1) is 19.2. The van der Waals surface area contributed by atoms with Gasteiger partial charge in [-0.05, 0) is 61.4 Å². The average molecular weight is 409 g/mol. The van der Waals surface area contributed by atoms with Crippen molar-refractivity contribution in [1.29, 1.82) is 0 Å². The zero-order valence-corrected chi connectivity index (χ0v) is 17.1. The molecule has 1 N–H and O–H groups in total. The van der Waals surface area contributed by atoms with Gasteiger partial charge in [0, 0.05) is 22.5 Å². The Kier molecular flexibility index (Phi) is 5.36. The van der Waals surface area contributed by atoms with Crippen LogP contribution >= 0.6 is 11.6 Å². The van der Waals surface area contributed by atoms with E-state index < -0.39 is 0 Å². The number of hydrogen-bond acceptors (Lipinski definition) is 6. The van der Waals surface area contributed by atoms with Crippen LogP contribution in [-0.4, -0.2) is 29.0 Å². The summed E-state index contributed by atoms with van der Waals surface area (Å²) < 4.78 is 5.55. The lowest BCUT2D eigenvalue weighted by atomic mass is 10.0. The molecule has 148 valence electrons. The predicted octanol–water partition coefficient (Wildman–Crippen LogP) is 4.53. The van der Waals surface area contributed by atoms with Crippen molar-refractivity contribution < 1.29 is 9.57 Å². The Morgan fingerprint density at radius 1 is 1.10 bits per heavy atom. The lowest BCUT2D eigenvalue weighted by Gasteiger charge is -2.29. The molecule has 0 unspecified atom stereocenters. The van der Waals surface area contributed by atoms with Gasteiger partial charge in [0.25, 0.3) is 0 Å². The van der Waals surface area contributed by atoms with Crippen molar-refractivity contribution in [2.45, 2.75) is 26.0 Å². The molecule has 29 heavy (non-hydrogen) atoms. The molecule has 6 nitrogen and oxygen atoms in total. The Morgan fingerprint density at radius 3 is 2.62 bits per heavy atom. The summed E-state index contributed by atoms with van der Waals surface area (Å²) in [5.41, 5.74) is 4.52. The van der Waals surface area contributed by atoms with Crippen LogP contribution in [0.15, 0.2) is 59.9 Å². The summed E-state index contributed by atoms with van der Waals surface area (Å²) in [7, 11) is 1.61. The van der Waals surface area contributed by atoms with Gasteiger partial charge in [-0.15, -0.1) is 0 Å². The second kappa shape index (κ2) is 8.09. The summed E-state index contributed by atoms with van der Waals surface area (Å²) in [5, 5.41) is 8.34. The maximum atomic E-state index is 6.02. The fourth-order valence-corrected chi connectivity index (χ4v) is 3.42. The lowest BCUT2D eigenvalue weighted by molar-refractivity contribution is 0.0342. The van der Waals surface area contributed by atoms with Gasteiger partial charge < -0.3 is 14.9 Å². The van der Waals surface area contributed by atoms with Gasteiger partial charge in [0.1, 0.15) is 11.8 Å². The SMILES string of the molecule is COc1nc(C2=NO[C@H](C)[C@H](c3ccc(Cl)cc3)N2)ccc1-c1ccnc(C)c1. The van der Waals surface area contributed by atoms with Crippen LogP contribution in [0.4, 0.5) is 0 Å². The van der Waals surface area contributed by atoms with Crippen LogP contribution in [0.3, 0.4) is 0 Å². The number of nitrogens with zero attached hydrogens (tertiary/aromatic N) is 3. The molecule has 0 amide bonds. The highest BCUT2D eigenvalue weighted by Crippen LogP contribution is 2.30. The van der Waals surface area contributed by atoms with E-state index >= 15 is 0 Å². The molecule has 3 heterocycles. The minimum atomic E-state index is -0.138. The molecule has 4 rings (SSSR count). The van der Waals surface area contributed by atoms with Crippen LogP contribution in [0, 0.1) is 6.92 Å². The maximum absolute atomic E-state index is 6.02. The van der Waals surface area contributed by atoms with E-state index in [1.165, 1.54) is 0 Å². The van der Waals surface area contributed by atoms with Crippen molar-refractivity contribution in [2.24, 2.45) is 5.16 Å². The Hall–Kier alpha value is -3.12. The van der Waals surface area contributed by atoms with E-state index in [0.29, 0.717) is 22.4 Å². The minimum Gasteiger partial charge on any atom is -0.481 e. The predicted molar refractivity (Wildman–Crippen MR) is 113 cm³/mol. The fourth-order valence-electron chi connectivity index (χ4n) is 3.29. The average Bonchev–Trinajstić information content (AvgIpc) is 2.74. The quantitative estimate of drug-likeness (QED) is 0.687. The topological polar surface area (TPSA) is 68.6 Å². The summed E-state index contributed by atoms with van der Waals surface area (Å²) in [5.74, 6) is 1.07. The molecule has 0 saturated carbocycles. The number of aromatic nitrogens is 2. The number of oxime groups is 1. The number of aryl methyl sites for hydroxylation is 1. The maximum Gasteiger partial charge on any atom is 0.221 e. The van der Waals surface area contributed by atoms with Gasteiger partial charge in [0.05, 0.1) is 13.2 Å². The minimum absolute atomic E-state index is 0.0740. The molecule has 0 fully saturated rings. The number of hydrogen-bond donors (Lipinski definition) is 1. The first-order valence-electron chi connectivity index (χ1n) is 9.29. The van der Waals surface area contributed by atoms with Crippen molar-refractivity contribution >= 4 is 17.4 Å². The van der Waals surface area contributed by atoms with Gasteiger partial charge in [-0.1, -0.05) is 28.9 Å². The number of halogens is 1. The number of benzene rings is 1. The van der Waals surface area contributed by atoms with Crippen LogP contribution in [0.2, 0.25) is 5.02 Å². The Morgan fingerprint density at radius 2 is 1.90 bits per heavy atom. The van der Waals surface area contributed by atoms with Crippen LogP contribution in [0.25, 0.3) is 11.1 Å². The molecular formula is C22H21ClN4O2. The van der Waals surface area contributed by atoms with Crippen molar-refractivity contribution in [2.75, 3.05) is 7.11 Å². The molecule has 2 aromatic heterocycles. The Bertz CT molecular complexity index is 1050. The number of pyridine rings is 2. The molecule has 1 aliphatic heterocycles. The van der Waals surface area contributed by atoms with Gasteiger partial charge in [-0.3, -0.25) is 4.98 Å². The lowest BCUT2D eigenvalue weighted by Crippen LogP contribution is -2.40. The van der Waals surface area contributed by atoms with Crippen LogP contribution < -0.4 is 10.1 Å². The van der Waals surface area contributed by atoms with E-state index in [2.05, 4.69) is 20.4 Å². The van der Waals surface area contributed by atoms with Gasteiger partial charge in [-0.25, -0.2) is 4.98 Å². The first-order valence-corrected chi connectivity index (χ1v) is 9.67. The summed E-state index contributed by atoms with van der Waals surface area (Å²) in [6, 6.07) is 15.4. The van der Waals surface area contributed by atoms with Gasteiger partial charge in [0.15, 0.2) is 5.84 Å². The zero-order valence-electron chi connectivity index (χ0n) is 16.4. The normalized spacial score (nSPS) is 18.4. The monoisotopic (exact) mass is 408 g/mol. The van der Waals surface area contributed by atoms with E-state index in [1.54, 1.807) is 13.3 Å². The van der Waals surface area contributed by atoms with Crippen molar-refractivity contribution in [3.8, 4) is 17.0 Å². The van der Waals surface area contributed by atoms with Gasteiger partial charge in [0.2, 0.25) is 5.88 Å². The third-order valence-electron chi connectivity index (χ3n) is 4.80. The molecule has 2 atom stereocenters. The number of methoxy groups -OCH3 is 1. The second-order valence-corrected chi connectivity index (χ2v) is 7.30. The molecule has 1 aromatic carbocycles. The standard InChI is InChI=1S/C22H21ClN4O2/c1-13-12-16(10-11-24-13)18-8-9-19(25-22(18)28-3)21-26-20(14(2)29-27-21)15-4-6-17(23)7-5-15/h4-12,14,20H,1-3H3,(H,26,27)/t14-,20-/m1/s1. The summed E-state index contributed by atoms with van der Waals surface area (Å²) in [4.78, 5) is 14.5. The molecule has 0 spiro atoms. The number of ether oxygens (including phenoxy) is 1. The first-order chi connectivity index (χ1) is 14.0. The molecule has 3 aromatic rings. The van der Waals surface area contributed by atoms with Crippen LogP contribution in [0.5, 0.6) is 5.88 Å². The third kappa shape index (κ3) is 4.03. The summed E-state index contributed by atoms with van der Waals surface area (Å²) in [6.45, 7) is 3.92. The van der Waals surface area contributed by atoms with Crippen LogP contribution in [0.1, 0.15) is 29.9 Å². The third-order valence-corrected chi connectivity index (χ3v) is 5.06. The highest BCUT2D eigenvalue weighted by Gasteiger charge is 2.28. The van der Waals surface area contributed by atoms with Crippen molar-refractivity contribution in [1.82, 2.24) is 15.3 Å². The second-order valence-electron chi connectivity index (χ2n) is 6.86. The summed E-state index contributed by atoms with van der Waals surface area (Å²) >= 11 is 6.02. The molecule has 0 radical (unpaired) electrons. The van der Waals surface area contributed by atoms with Crippen molar-refractivity contribution in [3.05, 3.63) is 76.7 Å². The Labute approximate surface area is 174 Å². The van der Waals surface area contributed by atoms with Gasteiger partial charge in [-0.2, -0.15) is 0 Å². The smallest absolute Gasteiger partial charge is 0.221 e. The van der Waals surface area contributed by atoms with E-state index in [1.807, 2.05) is 62.4 Å². The molecule has 0 aliphatic carbocycles. The zero-order chi connectivity index (χ0) is 20.4. The molecule has 7 heteroatoms. The van der Waals surface area contributed by atoms with E-state index in [-0.39, 0.29) is 12.1 Å². The van der Waals surface area contributed by atoms with E-state index in [4.69, 9.17) is 21.2 Å². The Balaban J connectivity index is 1.65. The number of rotatable bonds is 4. The molecule has 0 saturated heterocycles. The van der Waals surface area contributed by atoms with Crippen molar-refractivity contribution in [3.63, 3.8) is 0 Å². The molecular weight excluding hydrogens is 388 g/mol.